The van der Waals surface area contributed by atoms with E-state index in [2.05, 4.69) is 46.8 Å². The van der Waals surface area contributed by atoms with E-state index < -0.39 is 0 Å². The van der Waals surface area contributed by atoms with E-state index in [1.807, 2.05) is 18.2 Å². The molecule has 0 saturated carbocycles. The molecule has 0 radical (unpaired) electrons. The Morgan fingerprint density at radius 1 is 1.50 bits per heavy atom. The van der Waals surface area contributed by atoms with Crippen LogP contribution in [0.1, 0.15) is 32.8 Å². The first-order chi connectivity index (χ1) is 8.51. The minimum Gasteiger partial charge on any atom is -0.409 e. The Balaban J connectivity index is 3.28. The first kappa shape index (κ1) is 14.8. The normalized spacial score (nSPS) is 11.9. The average Bonchev–Trinajstić information content (AvgIpc) is 2.35. The molecule has 0 aliphatic carbocycles. The van der Waals surface area contributed by atoms with Gasteiger partial charge in [-0.3, -0.25) is 0 Å². The van der Waals surface area contributed by atoms with E-state index in [0.29, 0.717) is 6.04 Å². The van der Waals surface area contributed by atoms with Crippen molar-refractivity contribution in [3.05, 3.63) is 28.2 Å². The van der Waals surface area contributed by atoms with Crippen LogP contribution in [0.4, 0.5) is 5.69 Å². The summed E-state index contributed by atoms with van der Waals surface area (Å²) in [5, 5.41) is 12.0. The fourth-order valence-electron chi connectivity index (χ4n) is 1.92. The fourth-order valence-corrected chi connectivity index (χ4v) is 2.28. The van der Waals surface area contributed by atoms with Crippen molar-refractivity contribution in [3.8, 4) is 0 Å². The largest absolute Gasteiger partial charge is 0.409 e. The fraction of sp³-hybridized carbons (Fsp3) is 0.462. The third-order valence-electron chi connectivity index (χ3n) is 2.74. The molecule has 5 heteroatoms. The average molecular weight is 314 g/mol. The number of anilines is 1. The van der Waals surface area contributed by atoms with Gasteiger partial charge in [-0.15, -0.1) is 0 Å². The predicted octanol–water partition coefficient (Wildman–Crippen LogP) is 3.17. The third kappa shape index (κ3) is 3.38. The summed E-state index contributed by atoms with van der Waals surface area (Å²) in [6.07, 6.45) is 1.05. The van der Waals surface area contributed by atoms with Crippen LogP contribution in [0, 0.1) is 0 Å². The number of hydrogen-bond donors (Lipinski definition) is 2. The Bertz CT molecular complexity index is 432. The van der Waals surface area contributed by atoms with E-state index in [4.69, 9.17) is 10.9 Å². The number of oxime groups is 1. The van der Waals surface area contributed by atoms with Crippen LogP contribution in [0.15, 0.2) is 27.8 Å². The van der Waals surface area contributed by atoms with Crippen LogP contribution in [0.2, 0.25) is 0 Å². The minimum absolute atomic E-state index is 0.132. The monoisotopic (exact) mass is 313 g/mol. The Labute approximate surface area is 117 Å². The molecule has 1 rings (SSSR count). The number of halogens is 1. The van der Waals surface area contributed by atoms with Crippen molar-refractivity contribution in [1.82, 2.24) is 0 Å². The molecule has 0 spiro atoms. The van der Waals surface area contributed by atoms with Crippen molar-refractivity contribution in [3.63, 3.8) is 0 Å². The second kappa shape index (κ2) is 6.64. The van der Waals surface area contributed by atoms with Crippen molar-refractivity contribution in [2.24, 2.45) is 10.9 Å². The zero-order valence-corrected chi connectivity index (χ0v) is 12.6. The summed E-state index contributed by atoms with van der Waals surface area (Å²) < 4.78 is 0.910. The standard InChI is InChI=1S/C13H20BrN3O/c1-4-7-17(9(2)3)12-6-5-10(14)8-11(12)13(15)16-18/h5-6,8-9,18H,4,7H2,1-3H3,(H2,15,16). The highest BCUT2D eigenvalue weighted by Gasteiger charge is 2.16. The summed E-state index contributed by atoms with van der Waals surface area (Å²) in [4.78, 5) is 2.25. The molecule has 0 amide bonds. The molecule has 0 aliphatic heterocycles. The SMILES string of the molecule is CCCN(c1ccc(Br)cc1/C(N)=N/O)C(C)C. The first-order valence-corrected chi connectivity index (χ1v) is 6.84. The molecule has 0 saturated heterocycles. The summed E-state index contributed by atoms with van der Waals surface area (Å²) in [6.45, 7) is 7.34. The summed E-state index contributed by atoms with van der Waals surface area (Å²) in [6, 6.07) is 6.19. The van der Waals surface area contributed by atoms with Crippen molar-refractivity contribution in [2.45, 2.75) is 33.2 Å². The van der Waals surface area contributed by atoms with Gasteiger partial charge in [0.1, 0.15) is 0 Å². The van der Waals surface area contributed by atoms with Crippen molar-refractivity contribution in [1.29, 1.82) is 0 Å². The van der Waals surface area contributed by atoms with E-state index in [1.54, 1.807) is 0 Å². The lowest BCUT2D eigenvalue weighted by Gasteiger charge is -2.30. The van der Waals surface area contributed by atoms with E-state index >= 15 is 0 Å². The number of rotatable bonds is 5. The molecule has 1 aromatic rings. The van der Waals surface area contributed by atoms with Crippen LogP contribution in [0.25, 0.3) is 0 Å². The lowest BCUT2D eigenvalue weighted by atomic mass is 10.1. The third-order valence-corrected chi connectivity index (χ3v) is 3.23. The minimum atomic E-state index is 0.132. The van der Waals surface area contributed by atoms with Crippen LogP contribution >= 0.6 is 15.9 Å². The van der Waals surface area contributed by atoms with Gasteiger partial charge in [0.25, 0.3) is 0 Å². The smallest absolute Gasteiger partial charge is 0.172 e. The van der Waals surface area contributed by atoms with Gasteiger partial charge >= 0.3 is 0 Å². The van der Waals surface area contributed by atoms with Crippen LogP contribution in [0.5, 0.6) is 0 Å². The topological polar surface area (TPSA) is 61.8 Å². The van der Waals surface area contributed by atoms with Gasteiger partial charge in [-0.2, -0.15) is 0 Å². The predicted molar refractivity (Wildman–Crippen MR) is 79.4 cm³/mol. The van der Waals surface area contributed by atoms with E-state index in [9.17, 15) is 0 Å². The summed E-state index contributed by atoms with van der Waals surface area (Å²) in [5.74, 6) is 0.132. The highest BCUT2D eigenvalue weighted by molar-refractivity contribution is 9.10. The molecule has 0 fully saturated rings. The molecule has 0 bridgehead atoms. The van der Waals surface area contributed by atoms with Crippen LogP contribution in [-0.4, -0.2) is 23.6 Å². The van der Waals surface area contributed by atoms with E-state index in [1.165, 1.54) is 0 Å². The van der Waals surface area contributed by atoms with Gasteiger partial charge in [-0.1, -0.05) is 28.0 Å². The van der Waals surface area contributed by atoms with Crippen LogP contribution < -0.4 is 10.6 Å². The zero-order chi connectivity index (χ0) is 13.7. The summed E-state index contributed by atoms with van der Waals surface area (Å²) in [7, 11) is 0. The lowest BCUT2D eigenvalue weighted by molar-refractivity contribution is 0.318. The second-order valence-electron chi connectivity index (χ2n) is 4.43. The lowest BCUT2D eigenvalue weighted by Crippen LogP contribution is -2.33. The highest BCUT2D eigenvalue weighted by Crippen LogP contribution is 2.26. The van der Waals surface area contributed by atoms with Gasteiger partial charge in [0, 0.05) is 28.3 Å². The van der Waals surface area contributed by atoms with E-state index in [0.717, 1.165) is 28.7 Å². The molecule has 0 atom stereocenters. The van der Waals surface area contributed by atoms with Gasteiger partial charge in [0.05, 0.1) is 0 Å². The zero-order valence-electron chi connectivity index (χ0n) is 11.0. The number of benzene rings is 1. The van der Waals surface area contributed by atoms with Crippen molar-refractivity contribution >= 4 is 27.5 Å². The van der Waals surface area contributed by atoms with Gasteiger partial charge < -0.3 is 15.8 Å². The summed E-state index contributed by atoms with van der Waals surface area (Å²) in [5.41, 5.74) is 7.49. The molecule has 0 unspecified atom stereocenters. The Hall–Kier alpha value is -1.23. The molecule has 0 heterocycles. The van der Waals surface area contributed by atoms with Crippen molar-refractivity contribution in [2.75, 3.05) is 11.4 Å². The number of nitrogens with two attached hydrogens (primary N) is 1. The van der Waals surface area contributed by atoms with Gasteiger partial charge in [0.2, 0.25) is 0 Å². The van der Waals surface area contributed by atoms with Crippen LogP contribution in [-0.2, 0) is 0 Å². The molecule has 3 N–H and O–H groups in total. The number of nitrogens with zero attached hydrogens (tertiary/aromatic N) is 2. The van der Waals surface area contributed by atoms with E-state index in [-0.39, 0.29) is 5.84 Å². The Morgan fingerprint density at radius 3 is 2.67 bits per heavy atom. The van der Waals surface area contributed by atoms with Crippen LogP contribution in [0.3, 0.4) is 0 Å². The van der Waals surface area contributed by atoms with Gasteiger partial charge in [-0.05, 0) is 38.5 Å². The maximum atomic E-state index is 8.88. The molecule has 1 aromatic carbocycles. The molecule has 0 aromatic heterocycles. The highest BCUT2D eigenvalue weighted by atomic mass is 79.9. The van der Waals surface area contributed by atoms with Gasteiger partial charge in [-0.25, -0.2) is 0 Å². The quantitative estimate of drug-likeness (QED) is 0.380. The molecular weight excluding hydrogens is 294 g/mol. The maximum absolute atomic E-state index is 8.88. The molecule has 4 nitrogen and oxygen atoms in total. The first-order valence-electron chi connectivity index (χ1n) is 6.05. The molecule has 0 aliphatic rings. The Kier molecular flexibility index (Phi) is 5.47. The number of amidine groups is 1. The second-order valence-corrected chi connectivity index (χ2v) is 5.35. The molecule has 18 heavy (non-hydrogen) atoms. The Morgan fingerprint density at radius 2 is 2.17 bits per heavy atom. The molecular formula is C13H20BrN3O. The summed E-state index contributed by atoms with van der Waals surface area (Å²) >= 11 is 3.41. The van der Waals surface area contributed by atoms with Gasteiger partial charge in [0.15, 0.2) is 5.84 Å². The number of hydrogen-bond acceptors (Lipinski definition) is 3. The molecule has 100 valence electrons. The maximum Gasteiger partial charge on any atom is 0.172 e. The van der Waals surface area contributed by atoms with Crippen molar-refractivity contribution < 1.29 is 5.21 Å².